The monoisotopic (exact) mass is 727 g/mol. The normalized spacial score (nSPS) is 31.3. The molecular formula is C40H21N7O6S. The predicted molar refractivity (Wildman–Crippen MR) is 192 cm³/mol. The molecule has 2 N–H and O–H groups in total. The van der Waals surface area contributed by atoms with Crippen molar-refractivity contribution in [1.29, 1.82) is 0 Å². The Kier molecular flexibility index (Phi) is 5.10. The molecule has 0 saturated heterocycles. The van der Waals surface area contributed by atoms with Crippen molar-refractivity contribution in [3.63, 3.8) is 0 Å². The molecule has 0 saturated carbocycles. The molecule has 3 aromatic heterocycles. The molecule has 4 aliphatic heterocycles. The highest BCUT2D eigenvalue weighted by Crippen LogP contribution is 2.54. The van der Waals surface area contributed by atoms with Gasteiger partial charge in [0.1, 0.15) is 17.1 Å². The van der Waals surface area contributed by atoms with Gasteiger partial charge in [0.25, 0.3) is 0 Å². The number of Topliss-reactive ketones (excluding diaryl/α,β-unsaturated/α-hetero) is 5. The summed E-state index contributed by atoms with van der Waals surface area (Å²) < 4.78 is 0. The Balaban J connectivity index is 1.20. The van der Waals surface area contributed by atoms with Crippen LogP contribution in [0.3, 0.4) is 0 Å². The lowest BCUT2D eigenvalue weighted by Gasteiger charge is -2.31. The summed E-state index contributed by atoms with van der Waals surface area (Å²) >= 11 is 1.21. The maximum Gasteiger partial charge on any atom is 0.210 e. The van der Waals surface area contributed by atoms with E-state index in [2.05, 4.69) is 9.97 Å². The SMILES string of the molecule is O=C1C(=O)[C@@H]2C=CC1C1=C2c2nc1nc1nc(nc3[nH]c(cc4[nH]c(n2)c2c4C4C=CC2SC4=O)c2c3C3C=C[C@H]2C(=O)C3=O)C2=C1[C@H]1C=CC2CC1=O. The van der Waals surface area contributed by atoms with Crippen molar-refractivity contribution in [2.45, 2.75) is 29.4 Å². The summed E-state index contributed by atoms with van der Waals surface area (Å²) in [5.74, 6) is -6.02. The van der Waals surface area contributed by atoms with Gasteiger partial charge in [0.2, 0.25) is 28.2 Å². The maximum atomic E-state index is 13.4. The van der Waals surface area contributed by atoms with Crippen molar-refractivity contribution in [2.75, 3.05) is 0 Å². The van der Waals surface area contributed by atoms with E-state index >= 15 is 0 Å². The zero-order valence-corrected chi connectivity index (χ0v) is 28.4. The minimum absolute atomic E-state index is 0.00558. The lowest BCUT2D eigenvalue weighted by Crippen LogP contribution is -2.38. The molecule has 0 amide bonds. The fraction of sp³-hybridized carbons (Fsp3) is 0.225. The van der Waals surface area contributed by atoms with E-state index in [0.717, 1.165) is 16.7 Å². The van der Waals surface area contributed by atoms with Gasteiger partial charge in [-0.1, -0.05) is 60.4 Å². The molecule has 13 nitrogen and oxygen atoms in total. The third-order valence-electron chi connectivity index (χ3n) is 12.5. The summed E-state index contributed by atoms with van der Waals surface area (Å²) in [6, 6.07) is 1.85. The predicted octanol–water partition coefficient (Wildman–Crippen LogP) is 3.91. The molecular weight excluding hydrogens is 707 g/mol. The first kappa shape index (κ1) is 29.2. The second-order valence-corrected chi connectivity index (χ2v) is 16.2. The number of hydrogen-bond donors (Lipinski definition) is 2. The Morgan fingerprint density at radius 3 is 1.59 bits per heavy atom. The second kappa shape index (κ2) is 9.44. The topological polar surface area (TPSA) is 198 Å². The van der Waals surface area contributed by atoms with Gasteiger partial charge in [0.05, 0.1) is 40.8 Å². The molecule has 17 rings (SSSR count). The third kappa shape index (κ3) is 3.33. The van der Waals surface area contributed by atoms with Crippen LogP contribution in [0.15, 0.2) is 54.7 Å². The van der Waals surface area contributed by atoms with E-state index < -0.39 is 58.6 Å². The molecule has 0 aromatic carbocycles. The molecule has 0 spiro atoms. The summed E-state index contributed by atoms with van der Waals surface area (Å²) in [6.07, 6.45) is 14.9. The van der Waals surface area contributed by atoms with Crippen molar-refractivity contribution in [3.8, 4) is 0 Å². The van der Waals surface area contributed by atoms with Crippen LogP contribution in [-0.4, -0.2) is 68.9 Å². The molecule has 5 unspecified atom stereocenters. The second-order valence-electron chi connectivity index (χ2n) is 15.1. The molecule has 14 aliphatic rings. The highest BCUT2D eigenvalue weighted by Gasteiger charge is 2.50. The molecule has 3 aromatic rings. The van der Waals surface area contributed by atoms with Gasteiger partial charge in [0, 0.05) is 56.8 Å². The van der Waals surface area contributed by atoms with Crippen LogP contribution in [0.5, 0.6) is 0 Å². The number of allylic oxidation sites excluding steroid dienone is 11. The van der Waals surface area contributed by atoms with Gasteiger partial charge >= 0.3 is 0 Å². The number of nitrogens with zero attached hydrogens (tertiary/aromatic N) is 5. The molecule has 16 bridgehead atoms. The Morgan fingerprint density at radius 1 is 0.481 bits per heavy atom. The Labute approximate surface area is 306 Å². The van der Waals surface area contributed by atoms with E-state index in [4.69, 9.17) is 24.9 Å². The van der Waals surface area contributed by atoms with E-state index in [1.54, 1.807) is 24.3 Å². The van der Waals surface area contributed by atoms with Gasteiger partial charge in [0.15, 0.2) is 23.3 Å². The first-order chi connectivity index (χ1) is 26.2. The summed E-state index contributed by atoms with van der Waals surface area (Å²) in [4.78, 5) is 112. The van der Waals surface area contributed by atoms with Crippen molar-refractivity contribution in [2.24, 2.45) is 23.7 Å². The molecule has 7 heterocycles. The minimum Gasteiger partial charge on any atom is -0.340 e. The Bertz CT molecular complexity index is 2970. The van der Waals surface area contributed by atoms with E-state index in [1.165, 1.54) is 11.8 Å². The van der Waals surface area contributed by atoms with Crippen LogP contribution in [0.25, 0.3) is 44.6 Å². The quantitative estimate of drug-likeness (QED) is 0.251. The fourth-order valence-corrected chi connectivity index (χ4v) is 11.3. The minimum atomic E-state index is -0.899. The van der Waals surface area contributed by atoms with Crippen LogP contribution < -0.4 is 0 Å². The number of rotatable bonds is 0. The van der Waals surface area contributed by atoms with Gasteiger partial charge in [-0.05, 0) is 17.2 Å². The molecule has 258 valence electrons. The third-order valence-corrected chi connectivity index (χ3v) is 13.6. The van der Waals surface area contributed by atoms with Crippen molar-refractivity contribution in [1.82, 2.24) is 34.9 Å². The first-order valence-electron chi connectivity index (χ1n) is 17.8. The van der Waals surface area contributed by atoms with Crippen LogP contribution in [0.4, 0.5) is 0 Å². The van der Waals surface area contributed by atoms with Crippen molar-refractivity contribution < 1.29 is 28.8 Å². The Hall–Kier alpha value is -6.28. The average molecular weight is 728 g/mol. The molecule has 0 radical (unpaired) electrons. The zero-order chi connectivity index (χ0) is 36.0. The lowest BCUT2D eigenvalue weighted by molar-refractivity contribution is -0.138. The number of hydrogen-bond acceptors (Lipinski definition) is 12. The number of aromatic amines is 2. The van der Waals surface area contributed by atoms with E-state index in [0.29, 0.717) is 56.0 Å². The molecule has 14 heteroatoms. The van der Waals surface area contributed by atoms with Crippen molar-refractivity contribution in [3.05, 3.63) is 100 Å². The standard InChI is InChI=1S/C40H21N7O6S/c48-20-9-11-1-2-12(20)25-22(11)34-43-35-26-14-4-3-13(30(49)31(14)50)23(26)18(41-35)10-19-24-17-7-8-21(54-40(17)53)29(24)39(42-19)47-38-28-16-6-5-15(32(51)33(16)52)27(28)37(46-38)45-36(25)44-34/h1-8,10-17,21H,9H2,(H2,41,42,43,44,45,46,47)/t11?,12-,13+,14?,15?,16+,17?,21?/m0/s1. The number of aromatic nitrogens is 7. The maximum absolute atomic E-state index is 13.4. The van der Waals surface area contributed by atoms with Gasteiger partial charge < -0.3 is 9.97 Å². The number of fused-ring (bicyclic) bond motifs is 12. The summed E-state index contributed by atoms with van der Waals surface area (Å²) in [7, 11) is 0. The van der Waals surface area contributed by atoms with E-state index in [9.17, 15) is 28.8 Å². The number of ketones is 5. The van der Waals surface area contributed by atoms with Gasteiger partial charge in [-0.25, -0.2) is 24.9 Å². The summed E-state index contributed by atoms with van der Waals surface area (Å²) in [6.45, 7) is 0. The highest BCUT2D eigenvalue weighted by molar-refractivity contribution is 8.14. The first-order valence-corrected chi connectivity index (χ1v) is 18.7. The molecule has 54 heavy (non-hydrogen) atoms. The largest absolute Gasteiger partial charge is 0.340 e. The fourth-order valence-electron chi connectivity index (χ4n) is 10.2. The number of carbonyl (C=O) groups excluding carboxylic acids is 6. The number of thioether (sulfide) groups is 1. The highest BCUT2D eigenvalue weighted by atomic mass is 32.2. The summed E-state index contributed by atoms with van der Waals surface area (Å²) in [5.41, 5.74) is 7.07. The average Bonchev–Trinajstić information content (AvgIpc) is 3.93. The van der Waals surface area contributed by atoms with Crippen molar-refractivity contribution >= 4 is 90.4 Å². The molecule has 0 fully saturated rings. The zero-order valence-electron chi connectivity index (χ0n) is 27.6. The van der Waals surface area contributed by atoms with Gasteiger partial charge in [-0.2, -0.15) is 0 Å². The number of carbonyl (C=O) groups is 6. The van der Waals surface area contributed by atoms with Crippen LogP contribution in [0.2, 0.25) is 0 Å². The van der Waals surface area contributed by atoms with Crippen LogP contribution in [0, 0.1) is 23.7 Å². The summed E-state index contributed by atoms with van der Waals surface area (Å²) in [5, 5.41) is -0.347. The molecule has 10 aliphatic carbocycles. The molecule has 8 atom stereocenters. The van der Waals surface area contributed by atoms with Gasteiger partial charge in [-0.15, -0.1) is 0 Å². The lowest BCUT2D eigenvalue weighted by atomic mass is 9.70. The van der Waals surface area contributed by atoms with Gasteiger partial charge in [-0.3, -0.25) is 28.8 Å². The van der Waals surface area contributed by atoms with Crippen LogP contribution in [0.1, 0.15) is 75.0 Å². The van der Waals surface area contributed by atoms with E-state index in [1.807, 2.05) is 30.4 Å². The number of H-pyrrole nitrogens is 2. The number of nitrogens with one attached hydrogen (secondary N) is 2. The smallest absolute Gasteiger partial charge is 0.210 e. The Morgan fingerprint density at radius 2 is 0.963 bits per heavy atom. The van der Waals surface area contributed by atoms with Crippen LogP contribution >= 0.6 is 11.8 Å². The van der Waals surface area contributed by atoms with E-state index in [-0.39, 0.29) is 46.0 Å². The van der Waals surface area contributed by atoms with Crippen LogP contribution in [-0.2, 0) is 28.8 Å².